The Bertz CT molecular complexity index is 1080. The number of carbonyl (C=O) groups excluding carboxylic acids is 3. The summed E-state index contributed by atoms with van der Waals surface area (Å²) in [6.07, 6.45) is 53.6. The van der Waals surface area contributed by atoms with Crippen LogP contribution in [-0.4, -0.2) is 59.3 Å². The van der Waals surface area contributed by atoms with Crippen molar-refractivity contribution in [3.05, 3.63) is 24.3 Å². The van der Waals surface area contributed by atoms with Crippen LogP contribution in [0.3, 0.4) is 0 Å². The fourth-order valence-electron chi connectivity index (χ4n) is 7.75. The molecule has 0 rings (SSSR count). The standard InChI is InChI=1S/C52H96N2O7/c1-3-5-7-9-11-13-15-17-18-19-20-21-22-23-25-27-29-31-36-40-44-51(58)61-47(41-37-33-30-28-26-24-16-14-12-10-8-6-4-2)42-38-34-32-35-39-43-49(56)53-45-50(57)54-48(46-55)52(59)60/h16,24,28,30,47-48,55H,3-15,17-23,25-27,29,31-46H2,1-2H3,(H,53,56)(H,54,57)(H,59,60)/b24-16-,30-28-. The van der Waals surface area contributed by atoms with Gasteiger partial charge in [0.1, 0.15) is 12.1 Å². The number of ether oxygens (including phenoxy) is 1. The molecule has 356 valence electrons. The summed E-state index contributed by atoms with van der Waals surface area (Å²) in [6, 6.07) is -1.38. The molecule has 0 radical (unpaired) electrons. The third kappa shape index (κ3) is 43.8. The van der Waals surface area contributed by atoms with Crippen molar-refractivity contribution in [2.24, 2.45) is 0 Å². The van der Waals surface area contributed by atoms with Crippen LogP contribution in [0.5, 0.6) is 0 Å². The third-order valence-corrected chi connectivity index (χ3v) is 11.7. The summed E-state index contributed by atoms with van der Waals surface area (Å²) in [4.78, 5) is 47.8. The maximum atomic E-state index is 12.9. The molecule has 9 nitrogen and oxygen atoms in total. The molecular weight excluding hydrogens is 765 g/mol. The van der Waals surface area contributed by atoms with Gasteiger partial charge in [-0.05, 0) is 64.2 Å². The second kappa shape index (κ2) is 46.8. The number of nitrogens with one attached hydrogen (secondary N) is 2. The highest BCUT2D eigenvalue weighted by Crippen LogP contribution is 2.19. The highest BCUT2D eigenvalue weighted by Gasteiger charge is 2.19. The van der Waals surface area contributed by atoms with Crippen LogP contribution in [0.2, 0.25) is 0 Å². The minimum absolute atomic E-state index is 0.0536. The SMILES string of the molecule is CCCCCCC/C=C\C/C=C\CCCC(CCCCCCCC(=O)NCC(=O)NC(CO)C(=O)O)OC(=O)CCCCCCCCCCCCCCCCCCCCCC. The molecule has 0 heterocycles. The Kier molecular flexibility index (Phi) is 44.8. The average Bonchev–Trinajstić information content (AvgIpc) is 3.25. The van der Waals surface area contributed by atoms with E-state index in [4.69, 9.17) is 14.9 Å². The lowest BCUT2D eigenvalue weighted by atomic mass is 10.0. The van der Waals surface area contributed by atoms with Gasteiger partial charge in [0.15, 0.2) is 0 Å². The van der Waals surface area contributed by atoms with Gasteiger partial charge in [-0.3, -0.25) is 14.4 Å². The minimum atomic E-state index is -1.38. The van der Waals surface area contributed by atoms with Crippen molar-refractivity contribution < 1.29 is 34.1 Å². The van der Waals surface area contributed by atoms with Gasteiger partial charge < -0.3 is 25.6 Å². The Hall–Kier alpha value is -2.68. The number of allylic oxidation sites excluding steroid dienone is 4. The van der Waals surface area contributed by atoms with Gasteiger partial charge in [0.2, 0.25) is 11.8 Å². The molecule has 0 bridgehead atoms. The molecule has 4 N–H and O–H groups in total. The number of carboxylic acid groups (broad SMARTS) is 1. The van der Waals surface area contributed by atoms with Gasteiger partial charge in [0.05, 0.1) is 13.2 Å². The van der Waals surface area contributed by atoms with E-state index in [9.17, 15) is 19.2 Å². The summed E-state index contributed by atoms with van der Waals surface area (Å²) in [6.45, 7) is 3.49. The first-order valence-electron chi connectivity index (χ1n) is 25.7. The summed E-state index contributed by atoms with van der Waals surface area (Å²) >= 11 is 0. The number of aliphatic hydroxyl groups excluding tert-OH is 1. The third-order valence-electron chi connectivity index (χ3n) is 11.7. The highest BCUT2D eigenvalue weighted by molar-refractivity contribution is 5.87. The van der Waals surface area contributed by atoms with Gasteiger partial charge in [0.25, 0.3) is 0 Å². The molecule has 2 atom stereocenters. The second-order valence-electron chi connectivity index (χ2n) is 17.6. The minimum Gasteiger partial charge on any atom is -0.480 e. The van der Waals surface area contributed by atoms with Crippen LogP contribution in [0, 0.1) is 0 Å². The number of unbranched alkanes of at least 4 members (excludes halogenated alkanes) is 29. The van der Waals surface area contributed by atoms with Crippen molar-refractivity contribution in [1.29, 1.82) is 0 Å². The molecule has 9 heteroatoms. The van der Waals surface area contributed by atoms with Crippen molar-refractivity contribution in [3.63, 3.8) is 0 Å². The molecule has 61 heavy (non-hydrogen) atoms. The summed E-state index contributed by atoms with van der Waals surface area (Å²) in [7, 11) is 0. The zero-order valence-corrected chi connectivity index (χ0v) is 39.7. The Balaban J connectivity index is 4.26. The first-order valence-corrected chi connectivity index (χ1v) is 25.7. The molecule has 0 aromatic carbocycles. The summed E-state index contributed by atoms with van der Waals surface area (Å²) in [5.41, 5.74) is 0. The molecule has 0 aromatic heterocycles. The Morgan fingerprint density at radius 1 is 0.492 bits per heavy atom. The number of amides is 2. The molecule has 0 saturated heterocycles. The number of esters is 1. The van der Waals surface area contributed by atoms with E-state index in [1.54, 1.807) is 0 Å². The summed E-state index contributed by atoms with van der Waals surface area (Å²) in [5.74, 6) is -2.31. The van der Waals surface area contributed by atoms with Crippen molar-refractivity contribution in [3.8, 4) is 0 Å². The first-order chi connectivity index (χ1) is 29.8. The van der Waals surface area contributed by atoms with Crippen molar-refractivity contribution in [1.82, 2.24) is 10.6 Å². The van der Waals surface area contributed by atoms with Crippen LogP contribution in [-0.2, 0) is 23.9 Å². The Morgan fingerprint density at radius 2 is 0.902 bits per heavy atom. The van der Waals surface area contributed by atoms with Crippen LogP contribution >= 0.6 is 0 Å². The molecule has 2 unspecified atom stereocenters. The number of aliphatic carboxylic acids is 1. The summed E-state index contributed by atoms with van der Waals surface area (Å²) in [5, 5.41) is 22.6. The van der Waals surface area contributed by atoms with Crippen molar-refractivity contribution in [2.45, 2.75) is 270 Å². The molecular formula is C52H96N2O7. The lowest BCUT2D eigenvalue weighted by Crippen LogP contribution is -2.47. The highest BCUT2D eigenvalue weighted by atomic mass is 16.5. The number of aliphatic hydroxyl groups is 1. The van der Waals surface area contributed by atoms with E-state index in [2.05, 4.69) is 48.8 Å². The van der Waals surface area contributed by atoms with Gasteiger partial charge in [-0.1, -0.05) is 205 Å². The molecule has 0 aromatic rings. The number of carbonyl (C=O) groups is 4. The van der Waals surface area contributed by atoms with Gasteiger partial charge in [0, 0.05) is 12.8 Å². The van der Waals surface area contributed by atoms with E-state index in [0.29, 0.717) is 12.8 Å². The Labute approximate surface area is 374 Å². The van der Waals surface area contributed by atoms with E-state index in [-0.39, 0.29) is 30.9 Å². The number of hydrogen-bond donors (Lipinski definition) is 4. The topological polar surface area (TPSA) is 142 Å². The summed E-state index contributed by atoms with van der Waals surface area (Å²) < 4.78 is 6.04. The zero-order valence-electron chi connectivity index (χ0n) is 39.7. The quantitative estimate of drug-likeness (QED) is 0.0271. The predicted molar refractivity (Wildman–Crippen MR) is 255 cm³/mol. The van der Waals surface area contributed by atoms with E-state index >= 15 is 0 Å². The zero-order chi connectivity index (χ0) is 44.7. The van der Waals surface area contributed by atoms with E-state index in [0.717, 1.165) is 70.6 Å². The second-order valence-corrected chi connectivity index (χ2v) is 17.6. The normalized spacial score (nSPS) is 12.6. The van der Waals surface area contributed by atoms with E-state index < -0.39 is 24.5 Å². The van der Waals surface area contributed by atoms with Gasteiger partial charge in [-0.2, -0.15) is 0 Å². The van der Waals surface area contributed by atoms with E-state index in [1.165, 1.54) is 154 Å². The molecule has 0 saturated carbocycles. The van der Waals surface area contributed by atoms with Crippen LogP contribution < -0.4 is 10.6 Å². The van der Waals surface area contributed by atoms with Crippen molar-refractivity contribution >= 4 is 23.8 Å². The Morgan fingerprint density at radius 3 is 1.38 bits per heavy atom. The molecule has 0 spiro atoms. The number of rotatable bonds is 47. The van der Waals surface area contributed by atoms with Crippen molar-refractivity contribution in [2.75, 3.05) is 13.2 Å². The smallest absolute Gasteiger partial charge is 0.328 e. The van der Waals surface area contributed by atoms with Gasteiger partial charge >= 0.3 is 11.9 Å². The van der Waals surface area contributed by atoms with Crippen LogP contribution in [0.4, 0.5) is 0 Å². The van der Waals surface area contributed by atoms with Crippen LogP contribution in [0.25, 0.3) is 0 Å². The molecule has 2 amide bonds. The largest absolute Gasteiger partial charge is 0.480 e. The molecule has 0 aliphatic heterocycles. The van der Waals surface area contributed by atoms with Gasteiger partial charge in [-0.15, -0.1) is 0 Å². The number of carboxylic acids is 1. The van der Waals surface area contributed by atoms with Gasteiger partial charge in [-0.25, -0.2) is 4.79 Å². The van der Waals surface area contributed by atoms with E-state index in [1.807, 2.05) is 0 Å². The number of hydrogen-bond acceptors (Lipinski definition) is 6. The molecule has 0 aliphatic rings. The van der Waals surface area contributed by atoms with Crippen LogP contribution in [0.15, 0.2) is 24.3 Å². The monoisotopic (exact) mass is 861 g/mol. The average molecular weight is 861 g/mol. The lowest BCUT2D eigenvalue weighted by molar-refractivity contribution is -0.150. The van der Waals surface area contributed by atoms with Crippen LogP contribution in [0.1, 0.15) is 258 Å². The maximum absolute atomic E-state index is 12.9. The first kappa shape index (κ1) is 58.3. The molecule has 0 fully saturated rings. The maximum Gasteiger partial charge on any atom is 0.328 e. The predicted octanol–water partition coefficient (Wildman–Crippen LogP) is 13.6. The molecule has 0 aliphatic carbocycles. The fourth-order valence-corrected chi connectivity index (χ4v) is 7.75. The lowest BCUT2D eigenvalue weighted by Gasteiger charge is -2.18. The fraction of sp³-hybridized carbons (Fsp3) is 0.846.